The van der Waals surface area contributed by atoms with E-state index in [1.165, 1.54) is 28.6 Å². The van der Waals surface area contributed by atoms with Crippen molar-refractivity contribution in [2.24, 2.45) is 0 Å². The van der Waals surface area contributed by atoms with Crippen LogP contribution in [0.1, 0.15) is 17.5 Å². The third-order valence-electron chi connectivity index (χ3n) is 4.55. The van der Waals surface area contributed by atoms with Gasteiger partial charge < -0.3 is 4.90 Å². The van der Waals surface area contributed by atoms with E-state index in [2.05, 4.69) is 4.98 Å². The average Bonchev–Trinajstić information content (AvgIpc) is 2.94. The molecule has 29 heavy (non-hydrogen) atoms. The number of hydrogen-bond acceptors (Lipinski definition) is 5. The predicted octanol–water partition coefficient (Wildman–Crippen LogP) is 3.53. The highest BCUT2D eigenvalue weighted by Gasteiger charge is 2.31. The van der Waals surface area contributed by atoms with E-state index in [-0.39, 0.29) is 35.1 Å². The van der Waals surface area contributed by atoms with Gasteiger partial charge in [-0.25, -0.2) is 13.4 Å². The third-order valence-corrected chi connectivity index (χ3v) is 6.77. The molecular formula is C18H16ClF3N4O2S. The van der Waals surface area contributed by atoms with Gasteiger partial charge in [-0.3, -0.25) is 0 Å². The number of pyridine rings is 1. The molecule has 6 nitrogen and oxygen atoms in total. The molecular weight excluding hydrogens is 429 g/mol. The highest BCUT2D eigenvalue weighted by molar-refractivity contribution is 7.89. The van der Waals surface area contributed by atoms with Crippen LogP contribution in [0.15, 0.2) is 41.4 Å². The number of nitriles is 1. The Morgan fingerprint density at radius 3 is 2.48 bits per heavy atom. The van der Waals surface area contributed by atoms with E-state index < -0.39 is 21.8 Å². The number of aromatic nitrogens is 1. The van der Waals surface area contributed by atoms with Crippen molar-refractivity contribution in [3.63, 3.8) is 0 Å². The lowest BCUT2D eigenvalue weighted by Crippen LogP contribution is -2.35. The van der Waals surface area contributed by atoms with Crippen molar-refractivity contribution in [1.82, 2.24) is 9.29 Å². The third kappa shape index (κ3) is 4.63. The summed E-state index contributed by atoms with van der Waals surface area (Å²) >= 11 is 5.87. The summed E-state index contributed by atoms with van der Waals surface area (Å²) in [4.78, 5) is 5.60. The molecule has 2 heterocycles. The van der Waals surface area contributed by atoms with Crippen LogP contribution in [-0.4, -0.2) is 43.9 Å². The Morgan fingerprint density at radius 2 is 1.86 bits per heavy atom. The van der Waals surface area contributed by atoms with Crippen LogP contribution < -0.4 is 4.90 Å². The van der Waals surface area contributed by atoms with Crippen LogP contribution in [0, 0.1) is 11.3 Å². The number of rotatable bonds is 3. The van der Waals surface area contributed by atoms with Crippen LogP contribution in [0.3, 0.4) is 0 Å². The molecule has 1 aromatic carbocycles. The number of sulfonamides is 1. The maximum atomic E-state index is 12.9. The molecule has 154 valence electrons. The van der Waals surface area contributed by atoms with Crippen molar-refractivity contribution in [3.8, 4) is 6.07 Å². The number of nitrogens with zero attached hydrogens (tertiary/aromatic N) is 4. The normalized spacial score (nSPS) is 16.3. The van der Waals surface area contributed by atoms with E-state index in [4.69, 9.17) is 16.9 Å². The monoisotopic (exact) mass is 444 g/mol. The molecule has 1 aliphatic heterocycles. The Hall–Kier alpha value is -2.35. The average molecular weight is 445 g/mol. The zero-order chi connectivity index (χ0) is 21.2. The minimum atomic E-state index is -4.46. The molecule has 1 saturated heterocycles. The number of alkyl halides is 3. The van der Waals surface area contributed by atoms with Gasteiger partial charge in [0, 0.05) is 32.4 Å². The molecule has 1 aromatic heterocycles. The molecule has 0 radical (unpaired) electrons. The lowest BCUT2D eigenvalue weighted by Gasteiger charge is -2.23. The van der Waals surface area contributed by atoms with Crippen LogP contribution in [0.25, 0.3) is 0 Å². The fourth-order valence-electron chi connectivity index (χ4n) is 3.00. The van der Waals surface area contributed by atoms with Crippen molar-refractivity contribution in [2.45, 2.75) is 17.5 Å². The second-order valence-corrected chi connectivity index (χ2v) is 8.75. The maximum Gasteiger partial charge on any atom is 0.417 e. The van der Waals surface area contributed by atoms with Crippen molar-refractivity contribution in [3.05, 3.63) is 52.7 Å². The van der Waals surface area contributed by atoms with Gasteiger partial charge in [0.15, 0.2) is 0 Å². The Labute approximate surface area is 171 Å². The standard InChI is InChI=1S/C18H16ClF3N4O2S/c19-16-4-3-15(10-13(16)11-23)29(27,28)26-7-1-6-25(8-9-26)17-5-2-14(12-24-17)18(20,21)22/h2-5,10,12H,1,6-9H2. The van der Waals surface area contributed by atoms with E-state index in [0.717, 1.165) is 12.3 Å². The Kier molecular flexibility index (Phi) is 6.03. The lowest BCUT2D eigenvalue weighted by atomic mass is 10.2. The van der Waals surface area contributed by atoms with Crippen LogP contribution in [0.2, 0.25) is 5.02 Å². The molecule has 0 bridgehead atoms. The van der Waals surface area contributed by atoms with Crippen LogP contribution >= 0.6 is 11.6 Å². The second kappa shape index (κ2) is 8.18. The van der Waals surface area contributed by atoms with Crippen molar-refractivity contribution < 1.29 is 21.6 Å². The van der Waals surface area contributed by atoms with Crippen molar-refractivity contribution in [1.29, 1.82) is 5.26 Å². The number of anilines is 1. The Balaban J connectivity index is 1.76. The number of benzene rings is 1. The highest BCUT2D eigenvalue weighted by Crippen LogP contribution is 2.30. The summed E-state index contributed by atoms with van der Waals surface area (Å²) in [6.45, 7) is 1.10. The molecule has 0 unspecified atom stereocenters. The van der Waals surface area contributed by atoms with Crippen LogP contribution in [-0.2, 0) is 16.2 Å². The molecule has 0 atom stereocenters. The van der Waals surface area contributed by atoms with Crippen molar-refractivity contribution >= 4 is 27.4 Å². The zero-order valence-electron chi connectivity index (χ0n) is 15.0. The van der Waals surface area contributed by atoms with Gasteiger partial charge in [0.1, 0.15) is 11.9 Å². The minimum absolute atomic E-state index is 0.0282. The largest absolute Gasteiger partial charge is 0.417 e. The van der Waals surface area contributed by atoms with Gasteiger partial charge in [-0.15, -0.1) is 0 Å². The van der Waals surface area contributed by atoms with E-state index >= 15 is 0 Å². The first kappa shape index (κ1) is 21.4. The first-order valence-electron chi connectivity index (χ1n) is 8.61. The molecule has 0 aliphatic carbocycles. The quantitative estimate of drug-likeness (QED) is 0.723. The molecule has 3 rings (SSSR count). The Bertz CT molecular complexity index is 1040. The number of halogens is 4. The first-order chi connectivity index (χ1) is 13.6. The number of hydrogen-bond donors (Lipinski definition) is 0. The SMILES string of the molecule is N#Cc1cc(S(=O)(=O)N2CCCN(c3ccc(C(F)(F)F)cn3)CC2)ccc1Cl. The molecule has 0 N–H and O–H groups in total. The lowest BCUT2D eigenvalue weighted by molar-refractivity contribution is -0.137. The van der Waals surface area contributed by atoms with Crippen LogP contribution in [0.4, 0.5) is 19.0 Å². The topological polar surface area (TPSA) is 77.3 Å². The highest BCUT2D eigenvalue weighted by atomic mass is 35.5. The Morgan fingerprint density at radius 1 is 1.10 bits per heavy atom. The summed E-state index contributed by atoms with van der Waals surface area (Å²) in [6.07, 6.45) is -3.22. The summed E-state index contributed by atoms with van der Waals surface area (Å²) in [5.74, 6) is 0.357. The molecule has 1 aliphatic rings. The van der Waals surface area contributed by atoms with Crippen molar-refractivity contribution in [2.75, 3.05) is 31.1 Å². The van der Waals surface area contributed by atoms with Gasteiger partial charge in [0.2, 0.25) is 10.0 Å². The second-order valence-electron chi connectivity index (χ2n) is 6.40. The van der Waals surface area contributed by atoms with E-state index in [1.807, 2.05) is 6.07 Å². The van der Waals surface area contributed by atoms with Crippen LogP contribution in [0.5, 0.6) is 0 Å². The molecule has 0 saturated carbocycles. The molecule has 0 spiro atoms. The van der Waals surface area contributed by atoms with E-state index in [1.54, 1.807) is 4.90 Å². The predicted molar refractivity (Wildman–Crippen MR) is 101 cm³/mol. The molecule has 0 amide bonds. The van der Waals surface area contributed by atoms with Gasteiger partial charge in [0.25, 0.3) is 0 Å². The summed E-state index contributed by atoms with van der Waals surface area (Å²) in [5, 5.41) is 9.24. The maximum absolute atomic E-state index is 12.9. The van der Waals surface area contributed by atoms with Gasteiger partial charge in [0.05, 0.1) is 21.0 Å². The minimum Gasteiger partial charge on any atom is -0.355 e. The van der Waals surface area contributed by atoms with E-state index in [9.17, 15) is 21.6 Å². The van der Waals surface area contributed by atoms with Gasteiger partial charge in [-0.2, -0.15) is 22.7 Å². The summed E-state index contributed by atoms with van der Waals surface area (Å²) in [5.41, 5.74) is -0.769. The summed E-state index contributed by atoms with van der Waals surface area (Å²) in [7, 11) is -3.84. The van der Waals surface area contributed by atoms with Gasteiger partial charge in [-0.1, -0.05) is 11.6 Å². The first-order valence-corrected chi connectivity index (χ1v) is 10.4. The van der Waals surface area contributed by atoms with E-state index in [0.29, 0.717) is 18.8 Å². The fraction of sp³-hybridized carbons (Fsp3) is 0.333. The molecule has 11 heteroatoms. The fourth-order valence-corrected chi connectivity index (χ4v) is 4.66. The summed E-state index contributed by atoms with van der Waals surface area (Å²) < 4.78 is 65.2. The van der Waals surface area contributed by atoms with Gasteiger partial charge >= 0.3 is 6.18 Å². The smallest absolute Gasteiger partial charge is 0.355 e. The van der Waals surface area contributed by atoms with Gasteiger partial charge in [-0.05, 0) is 36.8 Å². The summed E-state index contributed by atoms with van der Waals surface area (Å²) in [6, 6.07) is 8.04. The molecule has 2 aromatic rings. The zero-order valence-corrected chi connectivity index (χ0v) is 16.6. The molecule has 1 fully saturated rings.